The Labute approximate surface area is 165 Å². The van der Waals surface area contributed by atoms with E-state index in [1.807, 2.05) is 19.9 Å². The Kier molecular flexibility index (Phi) is 7.68. The average molecular weight is 386 g/mol. The van der Waals surface area contributed by atoms with Crippen LogP contribution in [0.15, 0.2) is 42.5 Å². The van der Waals surface area contributed by atoms with Crippen LogP contribution in [-0.2, 0) is 4.79 Å². The highest BCUT2D eigenvalue weighted by Gasteiger charge is 2.16. The van der Waals surface area contributed by atoms with Crippen LogP contribution in [0, 0.1) is 0 Å². The summed E-state index contributed by atoms with van der Waals surface area (Å²) >= 11 is 0. The van der Waals surface area contributed by atoms with Gasteiger partial charge in [-0.2, -0.15) is 0 Å². The quantitative estimate of drug-likeness (QED) is 0.692. The third-order valence-electron chi connectivity index (χ3n) is 4.12. The number of carbonyl (C=O) groups excluding carboxylic acids is 2. The zero-order chi connectivity index (χ0) is 20.5. The Bertz CT molecular complexity index is 805. The predicted molar refractivity (Wildman–Crippen MR) is 106 cm³/mol. The van der Waals surface area contributed by atoms with E-state index in [1.165, 1.54) is 0 Å². The van der Waals surface area contributed by atoms with Gasteiger partial charge in [0.1, 0.15) is 17.2 Å². The van der Waals surface area contributed by atoms with E-state index in [-0.39, 0.29) is 24.4 Å². The molecule has 1 atom stereocenters. The van der Waals surface area contributed by atoms with Crippen LogP contribution < -0.4 is 24.8 Å². The van der Waals surface area contributed by atoms with E-state index in [9.17, 15) is 9.59 Å². The summed E-state index contributed by atoms with van der Waals surface area (Å²) in [5.74, 6) is 1.35. The standard InChI is InChI=1S/C21H26N2O5/c1-5-28-16-8-6-15(7-9-16)21(25)22-13-20(24)23-14(2)18-11-10-17(26-3)12-19(18)27-4/h6-12,14H,5,13H2,1-4H3,(H,22,25)(H,23,24). The highest BCUT2D eigenvalue weighted by atomic mass is 16.5. The summed E-state index contributed by atoms with van der Waals surface area (Å²) in [6, 6.07) is 11.8. The van der Waals surface area contributed by atoms with E-state index in [1.54, 1.807) is 50.6 Å². The van der Waals surface area contributed by atoms with Crippen molar-refractivity contribution in [2.75, 3.05) is 27.4 Å². The number of benzene rings is 2. The summed E-state index contributed by atoms with van der Waals surface area (Å²) in [5, 5.41) is 5.46. The second-order valence-corrected chi connectivity index (χ2v) is 6.04. The van der Waals surface area contributed by atoms with E-state index >= 15 is 0 Å². The molecule has 0 saturated heterocycles. The van der Waals surface area contributed by atoms with Crippen LogP contribution in [-0.4, -0.2) is 39.2 Å². The van der Waals surface area contributed by atoms with Crippen LogP contribution in [0.5, 0.6) is 17.2 Å². The predicted octanol–water partition coefficient (Wildman–Crippen LogP) is 2.71. The highest BCUT2D eigenvalue weighted by molar-refractivity contribution is 5.96. The van der Waals surface area contributed by atoms with E-state index in [4.69, 9.17) is 14.2 Å². The second-order valence-electron chi connectivity index (χ2n) is 6.04. The first-order valence-corrected chi connectivity index (χ1v) is 9.00. The molecule has 0 aliphatic heterocycles. The Hall–Kier alpha value is -3.22. The van der Waals surface area contributed by atoms with E-state index in [2.05, 4.69) is 10.6 Å². The van der Waals surface area contributed by atoms with Gasteiger partial charge < -0.3 is 24.8 Å². The molecule has 0 fully saturated rings. The molecule has 0 bridgehead atoms. The summed E-state index contributed by atoms with van der Waals surface area (Å²) in [6.45, 7) is 4.16. The molecule has 2 N–H and O–H groups in total. The molecule has 2 aromatic rings. The maximum Gasteiger partial charge on any atom is 0.251 e. The first kappa shape index (κ1) is 21.1. The minimum atomic E-state index is -0.326. The summed E-state index contributed by atoms with van der Waals surface area (Å²) in [5.41, 5.74) is 1.27. The Balaban J connectivity index is 1.90. The van der Waals surface area contributed by atoms with Crippen LogP contribution in [0.1, 0.15) is 35.8 Å². The summed E-state index contributed by atoms with van der Waals surface area (Å²) in [7, 11) is 3.14. The van der Waals surface area contributed by atoms with Crippen LogP contribution in [0.25, 0.3) is 0 Å². The fourth-order valence-electron chi connectivity index (χ4n) is 2.68. The number of methoxy groups -OCH3 is 2. The molecule has 7 heteroatoms. The van der Waals surface area contributed by atoms with Crippen molar-refractivity contribution in [3.05, 3.63) is 53.6 Å². The lowest BCUT2D eigenvalue weighted by Crippen LogP contribution is -2.38. The van der Waals surface area contributed by atoms with Crippen LogP contribution in [0.3, 0.4) is 0 Å². The van der Waals surface area contributed by atoms with Crippen molar-refractivity contribution in [1.82, 2.24) is 10.6 Å². The van der Waals surface area contributed by atoms with Gasteiger partial charge >= 0.3 is 0 Å². The molecule has 2 rings (SSSR count). The van der Waals surface area contributed by atoms with Gasteiger partial charge in [-0.1, -0.05) is 0 Å². The molecule has 0 heterocycles. The number of hydrogen-bond donors (Lipinski definition) is 2. The van der Waals surface area contributed by atoms with Crippen molar-refractivity contribution in [2.24, 2.45) is 0 Å². The summed E-state index contributed by atoms with van der Waals surface area (Å²) in [6.07, 6.45) is 0. The molecule has 2 aromatic carbocycles. The molecule has 0 radical (unpaired) electrons. The number of amides is 2. The van der Waals surface area contributed by atoms with Crippen molar-refractivity contribution in [1.29, 1.82) is 0 Å². The fraction of sp³-hybridized carbons (Fsp3) is 0.333. The van der Waals surface area contributed by atoms with Gasteiger partial charge in [-0.15, -0.1) is 0 Å². The summed E-state index contributed by atoms with van der Waals surface area (Å²) < 4.78 is 15.9. The number of hydrogen-bond acceptors (Lipinski definition) is 5. The van der Waals surface area contributed by atoms with Crippen molar-refractivity contribution in [3.63, 3.8) is 0 Å². The largest absolute Gasteiger partial charge is 0.497 e. The topological polar surface area (TPSA) is 85.9 Å². The van der Waals surface area contributed by atoms with Gasteiger partial charge in [0, 0.05) is 17.2 Å². The molecule has 2 amide bonds. The molecule has 0 aliphatic rings. The lowest BCUT2D eigenvalue weighted by molar-refractivity contribution is -0.120. The van der Waals surface area contributed by atoms with Gasteiger partial charge in [-0.25, -0.2) is 0 Å². The second kappa shape index (κ2) is 10.2. The molecule has 28 heavy (non-hydrogen) atoms. The fourth-order valence-corrected chi connectivity index (χ4v) is 2.68. The minimum Gasteiger partial charge on any atom is -0.497 e. The van der Waals surface area contributed by atoms with Crippen LogP contribution in [0.4, 0.5) is 0 Å². The van der Waals surface area contributed by atoms with Crippen molar-refractivity contribution in [2.45, 2.75) is 19.9 Å². The SMILES string of the molecule is CCOc1ccc(C(=O)NCC(=O)NC(C)c2ccc(OC)cc2OC)cc1. The monoisotopic (exact) mass is 386 g/mol. The van der Waals surface area contributed by atoms with Crippen molar-refractivity contribution in [3.8, 4) is 17.2 Å². The Morgan fingerprint density at radius 1 is 1.00 bits per heavy atom. The molecule has 7 nitrogen and oxygen atoms in total. The number of nitrogens with one attached hydrogen (secondary N) is 2. The molecule has 1 unspecified atom stereocenters. The molecule has 0 aliphatic carbocycles. The number of ether oxygens (including phenoxy) is 3. The lowest BCUT2D eigenvalue weighted by atomic mass is 10.1. The molecular formula is C21H26N2O5. The zero-order valence-electron chi connectivity index (χ0n) is 16.6. The molecule has 150 valence electrons. The molecule has 0 saturated carbocycles. The average Bonchev–Trinajstić information content (AvgIpc) is 2.72. The first-order chi connectivity index (χ1) is 13.5. The third kappa shape index (κ3) is 5.64. The number of rotatable bonds is 9. The van der Waals surface area contributed by atoms with E-state index < -0.39 is 0 Å². The van der Waals surface area contributed by atoms with Gasteiger partial charge in [-0.05, 0) is 50.2 Å². The normalized spacial score (nSPS) is 11.3. The maximum absolute atomic E-state index is 12.2. The van der Waals surface area contributed by atoms with Crippen molar-refractivity contribution < 1.29 is 23.8 Å². The third-order valence-corrected chi connectivity index (χ3v) is 4.12. The molecule has 0 spiro atoms. The van der Waals surface area contributed by atoms with Crippen LogP contribution >= 0.6 is 0 Å². The zero-order valence-corrected chi connectivity index (χ0v) is 16.6. The lowest BCUT2D eigenvalue weighted by Gasteiger charge is -2.18. The Morgan fingerprint density at radius 3 is 2.29 bits per heavy atom. The number of carbonyl (C=O) groups is 2. The Morgan fingerprint density at radius 2 is 1.68 bits per heavy atom. The van der Waals surface area contributed by atoms with Crippen LogP contribution in [0.2, 0.25) is 0 Å². The minimum absolute atomic E-state index is 0.130. The van der Waals surface area contributed by atoms with Gasteiger partial charge in [0.15, 0.2) is 0 Å². The van der Waals surface area contributed by atoms with E-state index in [0.29, 0.717) is 29.4 Å². The summed E-state index contributed by atoms with van der Waals surface area (Å²) in [4.78, 5) is 24.4. The van der Waals surface area contributed by atoms with E-state index in [0.717, 1.165) is 5.56 Å². The maximum atomic E-state index is 12.2. The first-order valence-electron chi connectivity index (χ1n) is 9.00. The van der Waals surface area contributed by atoms with Gasteiger partial charge in [-0.3, -0.25) is 9.59 Å². The highest BCUT2D eigenvalue weighted by Crippen LogP contribution is 2.29. The van der Waals surface area contributed by atoms with Crippen molar-refractivity contribution >= 4 is 11.8 Å². The van der Waals surface area contributed by atoms with Gasteiger partial charge in [0.05, 0.1) is 33.4 Å². The molecular weight excluding hydrogens is 360 g/mol. The van der Waals surface area contributed by atoms with Gasteiger partial charge in [0.2, 0.25) is 5.91 Å². The smallest absolute Gasteiger partial charge is 0.251 e. The molecule has 0 aromatic heterocycles. The van der Waals surface area contributed by atoms with Gasteiger partial charge in [0.25, 0.3) is 5.91 Å².